The van der Waals surface area contributed by atoms with Crippen LogP contribution < -0.4 is 5.32 Å². The lowest BCUT2D eigenvalue weighted by molar-refractivity contribution is -0.131. The van der Waals surface area contributed by atoms with Crippen molar-refractivity contribution < 1.29 is 4.79 Å². The highest BCUT2D eigenvalue weighted by molar-refractivity contribution is 7.12. The van der Waals surface area contributed by atoms with E-state index in [0.29, 0.717) is 6.04 Å². The Hall–Kier alpha value is -0.870. The second-order valence-electron chi connectivity index (χ2n) is 6.01. The molecule has 1 aliphatic carbocycles. The molecule has 2 aliphatic rings. The molecule has 3 nitrogen and oxygen atoms in total. The molecule has 104 valence electrons. The van der Waals surface area contributed by atoms with Crippen LogP contribution in [0.2, 0.25) is 0 Å². The number of nitrogens with one attached hydrogen (secondary N) is 1. The Labute approximate surface area is 119 Å². The molecule has 1 aromatic rings. The Balaban J connectivity index is 1.82. The van der Waals surface area contributed by atoms with Gasteiger partial charge in [0.15, 0.2) is 0 Å². The summed E-state index contributed by atoms with van der Waals surface area (Å²) in [5.74, 6) is 1.11. The minimum absolute atomic E-state index is 0.0611. The molecule has 1 aromatic heterocycles. The molecular formula is C15H22N2OS. The van der Waals surface area contributed by atoms with Gasteiger partial charge < -0.3 is 4.90 Å². The molecule has 19 heavy (non-hydrogen) atoms. The van der Waals surface area contributed by atoms with Crippen molar-refractivity contribution in [2.24, 2.45) is 5.92 Å². The maximum absolute atomic E-state index is 12.4. The Morgan fingerprint density at radius 2 is 2.21 bits per heavy atom. The standard InChI is InChI=1S/C15H22N2OS/c1-9(8-12-5-6-12)17-14(16-11(3)15(17)18)13-7-4-10(2)19-13/h4,7,9,11-12,14,16H,5-6,8H2,1-3H3. The zero-order valence-corrected chi connectivity index (χ0v) is 12.7. The number of hydrogen-bond acceptors (Lipinski definition) is 3. The van der Waals surface area contributed by atoms with Crippen LogP contribution in [0.5, 0.6) is 0 Å². The van der Waals surface area contributed by atoms with Crippen molar-refractivity contribution in [1.82, 2.24) is 10.2 Å². The van der Waals surface area contributed by atoms with Gasteiger partial charge in [-0.15, -0.1) is 11.3 Å². The second kappa shape index (κ2) is 4.91. The minimum atomic E-state index is -0.0611. The molecule has 1 N–H and O–H groups in total. The van der Waals surface area contributed by atoms with E-state index in [9.17, 15) is 4.79 Å². The molecule has 0 aromatic carbocycles. The van der Waals surface area contributed by atoms with Crippen molar-refractivity contribution in [3.05, 3.63) is 21.9 Å². The molecule has 2 heterocycles. The summed E-state index contributed by atoms with van der Waals surface area (Å²) in [6.07, 6.45) is 3.92. The average molecular weight is 278 g/mol. The van der Waals surface area contributed by atoms with Crippen LogP contribution in [-0.4, -0.2) is 22.9 Å². The first kappa shape index (κ1) is 13.1. The zero-order chi connectivity index (χ0) is 13.6. The summed E-state index contributed by atoms with van der Waals surface area (Å²) in [6.45, 7) is 6.29. The van der Waals surface area contributed by atoms with Gasteiger partial charge in [-0.3, -0.25) is 10.1 Å². The number of thiophene rings is 1. The summed E-state index contributed by atoms with van der Waals surface area (Å²) >= 11 is 1.79. The third kappa shape index (κ3) is 2.56. The number of rotatable bonds is 4. The number of amides is 1. The van der Waals surface area contributed by atoms with Gasteiger partial charge in [0, 0.05) is 15.8 Å². The van der Waals surface area contributed by atoms with Crippen LogP contribution in [0.25, 0.3) is 0 Å². The molecule has 3 unspecified atom stereocenters. The fourth-order valence-electron chi connectivity index (χ4n) is 2.98. The van der Waals surface area contributed by atoms with E-state index >= 15 is 0 Å². The Bertz CT molecular complexity index is 480. The van der Waals surface area contributed by atoms with E-state index in [0.717, 1.165) is 12.3 Å². The monoisotopic (exact) mass is 278 g/mol. The fourth-order valence-corrected chi connectivity index (χ4v) is 3.92. The van der Waals surface area contributed by atoms with Crippen LogP contribution in [-0.2, 0) is 4.79 Å². The number of aryl methyl sites for hydroxylation is 1. The van der Waals surface area contributed by atoms with Gasteiger partial charge in [0.25, 0.3) is 0 Å². The molecule has 2 fully saturated rings. The molecule has 3 atom stereocenters. The lowest BCUT2D eigenvalue weighted by atomic mass is 10.1. The van der Waals surface area contributed by atoms with Crippen LogP contribution >= 0.6 is 11.3 Å². The van der Waals surface area contributed by atoms with Crippen LogP contribution in [0, 0.1) is 12.8 Å². The van der Waals surface area contributed by atoms with Gasteiger partial charge in [0.2, 0.25) is 5.91 Å². The first-order valence-electron chi connectivity index (χ1n) is 7.21. The molecule has 1 saturated carbocycles. The van der Waals surface area contributed by atoms with E-state index < -0.39 is 0 Å². The summed E-state index contributed by atoms with van der Waals surface area (Å²) in [4.78, 5) is 17.1. The molecule has 0 bridgehead atoms. The summed E-state index contributed by atoms with van der Waals surface area (Å²) in [6, 6.07) is 4.57. The third-order valence-electron chi connectivity index (χ3n) is 4.19. The largest absolute Gasteiger partial charge is 0.318 e. The van der Waals surface area contributed by atoms with Crippen LogP contribution in [0.15, 0.2) is 12.1 Å². The maximum atomic E-state index is 12.4. The summed E-state index contributed by atoms with van der Waals surface area (Å²) in [7, 11) is 0. The van der Waals surface area contributed by atoms with Gasteiger partial charge in [-0.1, -0.05) is 12.8 Å². The predicted molar refractivity (Wildman–Crippen MR) is 78.0 cm³/mol. The van der Waals surface area contributed by atoms with Crippen LogP contribution in [0.4, 0.5) is 0 Å². The van der Waals surface area contributed by atoms with E-state index in [4.69, 9.17) is 0 Å². The van der Waals surface area contributed by atoms with E-state index in [-0.39, 0.29) is 18.1 Å². The van der Waals surface area contributed by atoms with E-state index in [1.54, 1.807) is 11.3 Å². The summed E-state index contributed by atoms with van der Waals surface area (Å²) in [5.41, 5.74) is 0. The quantitative estimate of drug-likeness (QED) is 0.918. The molecule has 0 spiro atoms. The number of nitrogens with zero attached hydrogens (tertiary/aromatic N) is 1. The number of carbonyl (C=O) groups excluding carboxylic acids is 1. The molecule has 1 saturated heterocycles. The Morgan fingerprint density at radius 1 is 1.47 bits per heavy atom. The van der Waals surface area contributed by atoms with Crippen molar-refractivity contribution >= 4 is 17.2 Å². The van der Waals surface area contributed by atoms with Crippen molar-refractivity contribution in [3.8, 4) is 0 Å². The molecule has 3 rings (SSSR count). The summed E-state index contributed by atoms with van der Waals surface area (Å²) < 4.78 is 0. The highest BCUT2D eigenvalue weighted by Crippen LogP contribution is 2.38. The second-order valence-corrected chi connectivity index (χ2v) is 7.33. The fraction of sp³-hybridized carbons (Fsp3) is 0.667. The van der Waals surface area contributed by atoms with Gasteiger partial charge in [-0.2, -0.15) is 0 Å². The van der Waals surface area contributed by atoms with E-state index in [1.807, 2.05) is 6.92 Å². The Morgan fingerprint density at radius 3 is 2.79 bits per heavy atom. The van der Waals surface area contributed by atoms with Crippen LogP contribution in [0.1, 0.15) is 49.0 Å². The van der Waals surface area contributed by atoms with E-state index in [2.05, 4.69) is 36.2 Å². The third-order valence-corrected chi connectivity index (χ3v) is 5.24. The number of carbonyl (C=O) groups is 1. The van der Waals surface area contributed by atoms with Gasteiger partial charge in [-0.05, 0) is 45.2 Å². The lowest BCUT2D eigenvalue weighted by Gasteiger charge is -2.30. The Kier molecular flexibility index (Phi) is 3.39. The molecular weight excluding hydrogens is 256 g/mol. The minimum Gasteiger partial charge on any atom is -0.318 e. The first-order chi connectivity index (χ1) is 9.06. The van der Waals surface area contributed by atoms with Crippen molar-refractivity contribution in [2.45, 2.75) is 58.3 Å². The average Bonchev–Trinajstić information content (AvgIpc) is 2.98. The maximum Gasteiger partial charge on any atom is 0.241 e. The van der Waals surface area contributed by atoms with Gasteiger partial charge >= 0.3 is 0 Å². The topological polar surface area (TPSA) is 32.3 Å². The molecule has 1 amide bonds. The molecule has 1 aliphatic heterocycles. The van der Waals surface area contributed by atoms with Gasteiger partial charge in [0.1, 0.15) is 6.17 Å². The van der Waals surface area contributed by atoms with Crippen LogP contribution in [0.3, 0.4) is 0 Å². The van der Waals surface area contributed by atoms with Crippen molar-refractivity contribution in [2.75, 3.05) is 0 Å². The summed E-state index contributed by atoms with van der Waals surface area (Å²) in [5, 5.41) is 3.44. The van der Waals surface area contributed by atoms with Crippen molar-refractivity contribution in [3.63, 3.8) is 0 Å². The SMILES string of the molecule is Cc1ccc(C2NC(C)C(=O)N2C(C)CC2CC2)s1. The predicted octanol–water partition coefficient (Wildman–Crippen LogP) is 3.06. The molecule has 4 heteroatoms. The van der Waals surface area contributed by atoms with Gasteiger partial charge in [0.05, 0.1) is 6.04 Å². The normalized spacial score (nSPS) is 29.0. The lowest BCUT2D eigenvalue weighted by Crippen LogP contribution is -2.38. The van der Waals surface area contributed by atoms with E-state index in [1.165, 1.54) is 22.6 Å². The highest BCUT2D eigenvalue weighted by Gasteiger charge is 2.41. The highest BCUT2D eigenvalue weighted by atomic mass is 32.1. The first-order valence-corrected chi connectivity index (χ1v) is 8.02. The zero-order valence-electron chi connectivity index (χ0n) is 11.8. The smallest absolute Gasteiger partial charge is 0.241 e. The van der Waals surface area contributed by atoms with Crippen molar-refractivity contribution in [1.29, 1.82) is 0 Å². The number of hydrogen-bond donors (Lipinski definition) is 1. The molecule has 0 radical (unpaired) electrons. The van der Waals surface area contributed by atoms with Gasteiger partial charge in [-0.25, -0.2) is 0 Å².